The topological polar surface area (TPSA) is 64.1 Å². The second-order valence-electron chi connectivity index (χ2n) is 3.72. The number of ether oxygens (including phenoxy) is 1. The molecule has 0 aliphatic carbocycles. The molecule has 7 heteroatoms. The smallest absolute Gasteiger partial charge is 0.270 e. The van der Waals surface area contributed by atoms with Gasteiger partial charge in [0.15, 0.2) is 0 Å². The number of nitrogens with one attached hydrogen (secondary N) is 1. The van der Waals surface area contributed by atoms with Crippen molar-refractivity contribution in [2.24, 2.45) is 0 Å². The average Bonchev–Trinajstić information content (AvgIpc) is 2.45. The quantitative estimate of drug-likeness (QED) is 0.861. The van der Waals surface area contributed by atoms with E-state index in [1.165, 1.54) is 18.3 Å². The Kier molecular flexibility index (Phi) is 4.84. The summed E-state index contributed by atoms with van der Waals surface area (Å²) in [6.45, 7) is -0.678. The maximum atomic E-state index is 12.0. The van der Waals surface area contributed by atoms with Crippen LogP contribution in [0.1, 0.15) is 10.5 Å². The van der Waals surface area contributed by atoms with Gasteiger partial charge < -0.3 is 10.1 Å². The second kappa shape index (κ2) is 6.81. The van der Waals surface area contributed by atoms with Gasteiger partial charge in [-0.1, -0.05) is 17.7 Å². The van der Waals surface area contributed by atoms with Crippen molar-refractivity contribution < 1.29 is 13.9 Å². The van der Waals surface area contributed by atoms with Gasteiger partial charge in [-0.15, -0.1) is 0 Å². The van der Waals surface area contributed by atoms with E-state index in [2.05, 4.69) is 15.3 Å². The van der Waals surface area contributed by atoms with Crippen molar-refractivity contribution in [2.45, 2.75) is 0 Å². The molecule has 2 aromatic heterocycles. The fourth-order valence-electron chi connectivity index (χ4n) is 1.42. The van der Waals surface area contributed by atoms with Crippen LogP contribution in [0.2, 0.25) is 5.15 Å². The van der Waals surface area contributed by atoms with Crippen molar-refractivity contribution in [3.05, 3.63) is 47.4 Å². The van der Waals surface area contributed by atoms with Crippen molar-refractivity contribution in [3.8, 4) is 11.6 Å². The van der Waals surface area contributed by atoms with Crippen molar-refractivity contribution in [3.63, 3.8) is 0 Å². The van der Waals surface area contributed by atoms with E-state index in [-0.39, 0.29) is 18.1 Å². The van der Waals surface area contributed by atoms with Gasteiger partial charge in [0.2, 0.25) is 5.88 Å². The van der Waals surface area contributed by atoms with E-state index < -0.39 is 12.6 Å². The van der Waals surface area contributed by atoms with Gasteiger partial charge in [0.25, 0.3) is 5.91 Å². The van der Waals surface area contributed by atoms with Gasteiger partial charge >= 0.3 is 0 Å². The number of carbonyl (C=O) groups is 1. The molecule has 0 aliphatic heterocycles. The first kappa shape index (κ1) is 14.2. The molecule has 104 valence electrons. The molecule has 20 heavy (non-hydrogen) atoms. The summed E-state index contributed by atoms with van der Waals surface area (Å²) in [5.41, 5.74) is 0.149. The number of aromatic nitrogens is 2. The summed E-state index contributed by atoms with van der Waals surface area (Å²) in [5.74, 6) is 0.236. The highest BCUT2D eigenvalue weighted by Crippen LogP contribution is 2.21. The Labute approximate surface area is 119 Å². The van der Waals surface area contributed by atoms with Gasteiger partial charge in [0, 0.05) is 24.9 Å². The SMILES string of the molecule is O=C(NCCF)c1cccc(Oc2ccnc(Cl)c2)n1. The number of hydrogen-bond donors (Lipinski definition) is 1. The fourth-order valence-corrected chi connectivity index (χ4v) is 1.58. The molecule has 2 aromatic rings. The van der Waals surface area contributed by atoms with E-state index in [1.807, 2.05) is 0 Å². The highest BCUT2D eigenvalue weighted by molar-refractivity contribution is 6.29. The third-order valence-electron chi connectivity index (χ3n) is 2.26. The summed E-state index contributed by atoms with van der Waals surface area (Å²) in [6.07, 6.45) is 1.50. The monoisotopic (exact) mass is 295 g/mol. The van der Waals surface area contributed by atoms with Crippen LogP contribution in [0.15, 0.2) is 36.5 Å². The Bertz CT molecular complexity index is 610. The lowest BCUT2D eigenvalue weighted by Gasteiger charge is -2.06. The summed E-state index contributed by atoms with van der Waals surface area (Å²) in [5, 5.41) is 2.68. The van der Waals surface area contributed by atoms with Gasteiger partial charge in [0.05, 0.1) is 0 Å². The Morgan fingerprint density at radius 1 is 1.40 bits per heavy atom. The number of carbonyl (C=O) groups excluding carboxylic acids is 1. The zero-order valence-corrected chi connectivity index (χ0v) is 11.1. The first-order valence-corrected chi connectivity index (χ1v) is 6.17. The zero-order valence-electron chi connectivity index (χ0n) is 10.3. The first-order valence-electron chi connectivity index (χ1n) is 5.79. The van der Waals surface area contributed by atoms with Crippen LogP contribution in [0.3, 0.4) is 0 Å². The predicted molar refractivity (Wildman–Crippen MR) is 71.9 cm³/mol. The first-order chi connectivity index (χ1) is 9.69. The third-order valence-corrected chi connectivity index (χ3v) is 2.46. The van der Waals surface area contributed by atoms with Crippen LogP contribution in [-0.4, -0.2) is 29.1 Å². The summed E-state index contributed by atoms with van der Waals surface area (Å²) < 4.78 is 17.5. The minimum absolute atomic E-state index is 0.0500. The van der Waals surface area contributed by atoms with Crippen molar-refractivity contribution in [1.82, 2.24) is 15.3 Å². The number of hydrogen-bond acceptors (Lipinski definition) is 4. The van der Waals surface area contributed by atoms with Crippen molar-refractivity contribution >= 4 is 17.5 Å². The maximum absolute atomic E-state index is 12.0. The molecule has 0 unspecified atom stereocenters. The van der Waals surface area contributed by atoms with E-state index in [0.717, 1.165) is 0 Å². The van der Waals surface area contributed by atoms with Crippen molar-refractivity contribution in [2.75, 3.05) is 13.2 Å². The molecular weight excluding hydrogens is 285 g/mol. The molecule has 1 amide bonds. The van der Waals surface area contributed by atoms with Crippen LogP contribution < -0.4 is 10.1 Å². The van der Waals surface area contributed by atoms with Gasteiger partial charge in [-0.25, -0.2) is 14.4 Å². The predicted octanol–water partition coefficient (Wildman–Crippen LogP) is 2.62. The van der Waals surface area contributed by atoms with Crippen LogP contribution in [-0.2, 0) is 0 Å². The molecule has 0 aromatic carbocycles. The molecule has 0 spiro atoms. The van der Waals surface area contributed by atoms with E-state index in [0.29, 0.717) is 10.9 Å². The molecule has 0 atom stereocenters. The number of pyridine rings is 2. The van der Waals surface area contributed by atoms with Crippen LogP contribution in [0, 0.1) is 0 Å². The highest BCUT2D eigenvalue weighted by atomic mass is 35.5. The Balaban J connectivity index is 2.11. The lowest BCUT2D eigenvalue weighted by Crippen LogP contribution is -2.26. The zero-order chi connectivity index (χ0) is 14.4. The summed E-state index contributed by atoms with van der Waals surface area (Å²) in [4.78, 5) is 19.5. The molecule has 2 heterocycles. The normalized spacial score (nSPS) is 10.1. The number of nitrogens with zero attached hydrogens (tertiary/aromatic N) is 2. The van der Waals surface area contributed by atoms with Gasteiger partial charge in [0.1, 0.15) is 23.3 Å². The standard InChI is InChI=1S/C13H11ClFN3O2/c14-11-8-9(4-6-16-11)20-12-3-1-2-10(18-12)13(19)17-7-5-15/h1-4,6,8H,5,7H2,(H,17,19). The minimum atomic E-state index is -0.628. The molecule has 0 saturated heterocycles. The lowest BCUT2D eigenvalue weighted by atomic mass is 10.3. The average molecular weight is 296 g/mol. The van der Waals surface area contributed by atoms with Crippen LogP contribution >= 0.6 is 11.6 Å². The number of alkyl halides is 1. The van der Waals surface area contributed by atoms with E-state index in [4.69, 9.17) is 16.3 Å². The van der Waals surface area contributed by atoms with Gasteiger partial charge in [-0.2, -0.15) is 0 Å². The molecule has 1 N–H and O–H groups in total. The fraction of sp³-hybridized carbons (Fsp3) is 0.154. The van der Waals surface area contributed by atoms with Crippen LogP contribution in [0.4, 0.5) is 4.39 Å². The summed E-state index contributed by atoms with van der Waals surface area (Å²) in [7, 11) is 0. The van der Waals surface area contributed by atoms with Crippen molar-refractivity contribution in [1.29, 1.82) is 0 Å². The number of rotatable bonds is 5. The van der Waals surface area contributed by atoms with E-state index >= 15 is 0 Å². The third kappa shape index (κ3) is 3.89. The summed E-state index contributed by atoms with van der Waals surface area (Å²) in [6, 6.07) is 7.87. The van der Waals surface area contributed by atoms with E-state index in [9.17, 15) is 9.18 Å². The maximum Gasteiger partial charge on any atom is 0.270 e. The van der Waals surface area contributed by atoms with Gasteiger partial charge in [-0.05, 0) is 12.1 Å². The van der Waals surface area contributed by atoms with Crippen LogP contribution in [0.5, 0.6) is 11.6 Å². The van der Waals surface area contributed by atoms with Crippen LogP contribution in [0.25, 0.3) is 0 Å². The molecule has 5 nitrogen and oxygen atoms in total. The molecule has 0 fully saturated rings. The molecule has 0 saturated carbocycles. The molecular formula is C13H11ClFN3O2. The molecule has 2 rings (SSSR count). The number of amides is 1. The second-order valence-corrected chi connectivity index (χ2v) is 4.11. The largest absolute Gasteiger partial charge is 0.439 e. The van der Waals surface area contributed by atoms with E-state index in [1.54, 1.807) is 18.2 Å². The molecule has 0 aliphatic rings. The molecule has 0 radical (unpaired) electrons. The highest BCUT2D eigenvalue weighted by Gasteiger charge is 2.08. The number of halogens is 2. The summed E-state index contributed by atoms with van der Waals surface area (Å²) >= 11 is 5.74. The Hall–Kier alpha value is -2.21. The lowest BCUT2D eigenvalue weighted by molar-refractivity contribution is 0.0945. The van der Waals surface area contributed by atoms with Gasteiger partial charge in [-0.3, -0.25) is 4.79 Å². The molecule has 0 bridgehead atoms. The Morgan fingerprint density at radius 3 is 3.00 bits per heavy atom. The minimum Gasteiger partial charge on any atom is -0.439 e. The Morgan fingerprint density at radius 2 is 2.25 bits per heavy atom.